The first-order valence-corrected chi connectivity index (χ1v) is 18.3. The number of carbonyl (C=O) groups excluding carboxylic acids is 4. The first-order chi connectivity index (χ1) is 25.7. The van der Waals surface area contributed by atoms with Crippen molar-refractivity contribution in [2.45, 2.75) is 88.5 Å². The van der Waals surface area contributed by atoms with Crippen LogP contribution in [0.4, 0.5) is 4.39 Å². The lowest BCUT2D eigenvalue weighted by molar-refractivity contribution is -0.137. The molecule has 1 aliphatic carbocycles. The number of hydrogen-bond acceptors (Lipinski definition) is 8. The molecular weight excluding hydrogens is 683 g/mol. The summed E-state index contributed by atoms with van der Waals surface area (Å²) in [6, 6.07) is 6.57. The standard InChI is InChI=1S/C37H41FN10O5/c1-44-34-22(9-7-10-28(34)47(37(44)53)29-12-13-32(49)43-35(29)51)8-5-3-2-4-6-11-33(50)45-20-25(21-45)46-19-24(17-40-46)23-14-31-39-18-30(48(31)41-16-23)36(52)42-27-15-26(27)38/h7,9-10,14,16-19,25-27,29H,2-6,8,11-13,15,20-21H2,1H3,(H,42,52)(H,43,49,51)/t26-,27+,29?/m0/s1. The SMILES string of the molecule is Cn1c(=O)n(C2CCC(=O)NC2=O)c2cccc(CCCCCCCC(=O)N3CC(n4cc(-c5cnn6c(C(=O)N[C@@H]7C[C@@H]7F)cnc6c5)cn4)C3)c21. The quantitative estimate of drug-likeness (QED) is 0.138. The summed E-state index contributed by atoms with van der Waals surface area (Å²) in [5.41, 5.74) is 4.72. The average molecular weight is 725 g/mol. The molecule has 53 heavy (non-hydrogen) atoms. The van der Waals surface area contributed by atoms with E-state index >= 15 is 0 Å². The number of nitrogens with zero attached hydrogens (tertiary/aromatic N) is 8. The van der Waals surface area contributed by atoms with E-state index in [1.807, 2.05) is 40.0 Å². The fourth-order valence-electron chi connectivity index (χ4n) is 7.49. The Balaban J connectivity index is 0.765. The Labute approximate surface area is 303 Å². The van der Waals surface area contributed by atoms with E-state index in [4.69, 9.17) is 0 Å². The molecule has 5 aromatic rings. The highest BCUT2D eigenvalue weighted by atomic mass is 19.1. The topological polar surface area (TPSA) is 171 Å². The van der Waals surface area contributed by atoms with E-state index in [1.54, 1.807) is 24.0 Å². The van der Waals surface area contributed by atoms with Gasteiger partial charge in [0.25, 0.3) is 5.91 Å². The van der Waals surface area contributed by atoms with Crippen molar-refractivity contribution in [2.75, 3.05) is 13.1 Å². The Morgan fingerprint density at radius 1 is 1.00 bits per heavy atom. The number of imidazole rings is 2. The Bertz CT molecular complexity index is 2300. The summed E-state index contributed by atoms with van der Waals surface area (Å²) >= 11 is 0. The van der Waals surface area contributed by atoms with E-state index in [2.05, 4.69) is 25.8 Å². The van der Waals surface area contributed by atoms with E-state index in [0.717, 1.165) is 60.7 Å². The molecule has 0 bridgehead atoms. The number of halogens is 1. The number of benzene rings is 1. The first-order valence-electron chi connectivity index (χ1n) is 18.3. The number of para-hydroxylation sites is 1. The van der Waals surface area contributed by atoms with Gasteiger partial charge < -0.3 is 10.2 Å². The van der Waals surface area contributed by atoms with Gasteiger partial charge in [0.1, 0.15) is 17.9 Å². The minimum Gasteiger partial charge on any atom is -0.345 e. The number of rotatable bonds is 13. The number of aryl methyl sites for hydroxylation is 2. The van der Waals surface area contributed by atoms with Crippen LogP contribution in [0, 0.1) is 0 Å². The van der Waals surface area contributed by atoms with Crippen LogP contribution in [-0.4, -0.2) is 87.3 Å². The van der Waals surface area contributed by atoms with Gasteiger partial charge in [0.05, 0.1) is 41.7 Å². The molecule has 2 aliphatic heterocycles. The largest absolute Gasteiger partial charge is 0.345 e. The normalized spacial score (nSPS) is 20.2. The third kappa shape index (κ3) is 6.73. The van der Waals surface area contributed by atoms with Crippen molar-refractivity contribution in [3.05, 3.63) is 70.8 Å². The van der Waals surface area contributed by atoms with Crippen molar-refractivity contribution in [1.82, 2.24) is 49.0 Å². The number of imide groups is 1. The molecule has 1 unspecified atom stereocenters. The number of amides is 4. The van der Waals surface area contributed by atoms with Gasteiger partial charge in [-0.2, -0.15) is 10.2 Å². The molecule has 16 heteroatoms. The van der Waals surface area contributed by atoms with Gasteiger partial charge >= 0.3 is 5.69 Å². The highest BCUT2D eigenvalue weighted by Gasteiger charge is 2.39. The molecular formula is C37H41FN10O5. The lowest BCUT2D eigenvalue weighted by Gasteiger charge is -2.39. The van der Waals surface area contributed by atoms with Crippen molar-refractivity contribution in [1.29, 1.82) is 0 Å². The van der Waals surface area contributed by atoms with Gasteiger partial charge in [0, 0.05) is 56.7 Å². The molecule has 1 aromatic carbocycles. The second kappa shape index (κ2) is 14.0. The monoisotopic (exact) mass is 724 g/mol. The molecule has 1 saturated carbocycles. The van der Waals surface area contributed by atoms with Gasteiger partial charge in [-0.05, 0) is 43.4 Å². The van der Waals surface area contributed by atoms with E-state index in [0.29, 0.717) is 43.5 Å². The summed E-state index contributed by atoms with van der Waals surface area (Å²) in [6.07, 6.45) is 12.7. The molecule has 4 amide bonds. The molecule has 6 heterocycles. The maximum atomic E-state index is 13.2. The van der Waals surface area contributed by atoms with Gasteiger partial charge in [-0.15, -0.1) is 0 Å². The third-order valence-corrected chi connectivity index (χ3v) is 10.7. The van der Waals surface area contributed by atoms with Crippen molar-refractivity contribution < 1.29 is 23.6 Å². The number of piperidine rings is 1. The zero-order valence-electron chi connectivity index (χ0n) is 29.4. The van der Waals surface area contributed by atoms with Gasteiger partial charge in [0.2, 0.25) is 17.7 Å². The molecule has 3 atom stereocenters. The van der Waals surface area contributed by atoms with Crippen LogP contribution >= 0.6 is 0 Å². The lowest BCUT2D eigenvalue weighted by atomic mass is 10.0. The smallest absolute Gasteiger partial charge is 0.329 e. The Morgan fingerprint density at radius 3 is 2.57 bits per heavy atom. The molecule has 2 saturated heterocycles. The van der Waals surface area contributed by atoms with Crippen molar-refractivity contribution in [2.24, 2.45) is 7.05 Å². The number of nitrogens with one attached hydrogen (secondary N) is 2. The van der Waals surface area contributed by atoms with E-state index in [-0.39, 0.29) is 35.7 Å². The summed E-state index contributed by atoms with van der Waals surface area (Å²) in [5.74, 6) is -0.998. The molecule has 2 N–H and O–H groups in total. The number of carbonyl (C=O) groups is 4. The lowest BCUT2D eigenvalue weighted by Crippen LogP contribution is -2.50. The minimum atomic E-state index is -0.991. The van der Waals surface area contributed by atoms with Gasteiger partial charge in [0.15, 0.2) is 5.65 Å². The summed E-state index contributed by atoms with van der Waals surface area (Å²) < 4.78 is 19.7. The van der Waals surface area contributed by atoms with E-state index < -0.39 is 30.1 Å². The van der Waals surface area contributed by atoms with Crippen molar-refractivity contribution in [3.8, 4) is 11.1 Å². The van der Waals surface area contributed by atoms with E-state index in [9.17, 15) is 28.4 Å². The van der Waals surface area contributed by atoms with Crippen LogP contribution < -0.4 is 16.3 Å². The van der Waals surface area contributed by atoms with Crippen LogP contribution in [0.25, 0.3) is 27.8 Å². The zero-order valence-corrected chi connectivity index (χ0v) is 29.4. The maximum absolute atomic E-state index is 13.2. The van der Waals surface area contributed by atoms with Crippen LogP contribution in [0.5, 0.6) is 0 Å². The molecule has 8 rings (SSSR count). The van der Waals surface area contributed by atoms with Gasteiger partial charge in [-0.3, -0.25) is 38.3 Å². The minimum absolute atomic E-state index is 0.0951. The van der Waals surface area contributed by atoms with Crippen LogP contribution in [0.2, 0.25) is 0 Å². The van der Waals surface area contributed by atoms with E-state index in [1.165, 1.54) is 15.3 Å². The summed E-state index contributed by atoms with van der Waals surface area (Å²) in [5, 5.41) is 13.9. The fourth-order valence-corrected chi connectivity index (χ4v) is 7.49. The first kappa shape index (κ1) is 34.4. The number of alkyl halides is 1. The third-order valence-electron chi connectivity index (χ3n) is 10.7. The fraction of sp³-hybridized carbons (Fsp3) is 0.459. The molecule has 15 nitrogen and oxygen atoms in total. The highest BCUT2D eigenvalue weighted by molar-refractivity contribution is 6.00. The molecule has 3 fully saturated rings. The molecule has 3 aliphatic rings. The predicted molar refractivity (Wildman–Crippen MR) is 191 cm³/mol. The second-order valence-electron chi connectivity index (χ2n) is 14.4. The Kier molecular flexibility index (Phi) is 9.12. The maximum Gasteiger partial charge on any atom is 0.329 e. The number of hydrogen-bond donors (Lipinski definition) is 2. The van der Waals surface area contributed by atoms with Gasteiger partial charge in [-0.1, -0.05) is 31.4 Å². The summed E-state index contributed by atoms with van der Waals surface area (Å²) in [7, 11) is 1.72. The molecule has 4 aromatic heterocycles. The predicted octanol–water partition coefficient (Wildman–Crippen LogP) is 3.03. The number of fused-ring (bicyclic) bond motifs is 2. The van der Waals surface area contributed by atoms with Crippen molar-refractivity contribution in [3.63, 3.8) is 0 Å². The summed E-state index contributed by atoms with van der Waals surface area (Å²) in [6.45, 7) is 1.21. The molecule has 0 spiro atoms. The molecule has 0 radical (unpaired) electrons. The Hall–Kier alpha value is -5.67. The van der Waals surface area contributed by atoms with Crippen LogP contribution in [0.3, 0.4) is 0 Å². The Morgan fingerprint density at radius 2 is 1.77 bits per heavy atom. The van der Waals surface area contributed by atoms with Crippen LogP contribution in [0.15, 0.2) is 53.8 Å². The van der Waals surface area contributed by atoms with Crippen LogP contribution in [0.1, 0.15) is 85.9 Å². The highest BCUT2D eigenvalue weighted by Crippen LogP contribution is 2.29. The van der Waals surface area contributed by atoms with Crippen LogP contribution in [-0.2, 0) is 27.9 Å². The summed E-state index contributed by atoms with van der Waals surface area (Å²) in [4.78, 5) is 68.9. The van der Waals surface area contributed by atoms with Crippen molar-refractivity contribution >= 4 is 40.3 Å². The average Bonchev–Trinajstić information content (AvgIpc) is 3.44. The zero-order chi connectivity index (χ0) is 36.8. The number of aromatic nitrogens is 7. The second-order valence-corrected chi connectivity index (χ2v) is 14.4. The van der Waals surface area contributed by atoms with Gasteiger partial charge in [-0.25, -0.2) is 18.7 Å². The molecule has 276 valence electrons. The number of unbranched alkanes of at least 4 members (excludes halogenated alkanes) is 4. The number of likely N-dealkylation sites (tertiary alicyclic amines) is 1.